The van der Waals surface area contributed by atoms with Crippen LogP contribution in [0.3, 0.4) is 0 Å². The van der Waals surface area contributed by atoms with Gasteiger partial charge in [-0.05, 0) is 49.3 Å². The molecule has 0 saturated carbocycles. The van der Waals surface area contributed by atoms with Crippen LogP contribution in [0, 0.1) is 18.3 Å². The predicted molar refractivity (Wildman–Crippen MR) is 117 cm³/mol. The topological polar surface area (TPSA) is 77.1 Å². The fraction of sp³-hybridized carbons (Fsp3) is 0.652. The van der Waals surface area contributed by atoms with E-state index >= 15 is 0 Å². The smallest absolute Gasteiger partial charge is 0.227 e. The average molecular weight is 421 g/mol. The van der Waals surface area contributed by atoms with Gasteiger partial charge in [0.25, 0.3) is 0 Å². The van der Waals surface area contributed by atoms with Gasteiger partial charge in [-0.2, -0.15) is 0 Å². The maximum Gasteiger partial charge on any atom is 0.227 e. The lowest BCUT2D eigenvalue weighted by molar-refractivity contribution is -0.126. The number of hydrogen-bond donors (Lipinski definition) is 1. The van der Waals surface area contributed by atoms with E-state index in [0.29, 0.717) is 18.8 Å². The molecule has 7 nitrogen and oxygen atoms in total. The fourth-order valence-electron chi connectivity index (χ4n) is 3.77. The maximum absolute atomic E-state index is 12.7. The van der Waals surface area contributed by atoms with Crippen molar-refractivity contribution < 1.29 is 23.8 Å². The Labute approximate surface area is 180 Å². The number of methoxy groups -OCH3 is 3. The molecule has 1 aliphatic rings. The van der Waals surface area contributed by atoms with Gasteiger partial charge in [0, 0.05) is 33.7 Å². The van der Waals surface area contributed by atoms with E-state index in [2.05, 4.69) is 19.2 Å². The van der Waals surface area contributed by atoms with Gasteiger partial charge in [-0.3, -0.25) is 9.59 Å². The van der Waals surface area contributed by atoms with Gasteiger partial charge in [-0.25, -0.2) is 0 Å². The maximum atomic E-state index is 12.7. The molecule has 1 heterocycles. The third-order valence-electron chi connectivity index (χ3n) is 5.68. The van der Waals surface area contributed by atoms with Gasteiger partial charge in [0.05, 0.1) is 18.7 Å². The molecule has 1 fully saturated rings. The summed E-state index contributed by atoms with van der Waals surface area (Å²) in [5, 5.41) is 3.05. The Morgan fingerprint density at radius 2 is 1.97 bits per heavy atom. The molecule has 2 rings (SSSR count). The molecule has 1 aliphatic heterocycles. The molecule has 1 aromatic rings. The number of benzene rings is 1. The van der Waals surface area contributed by atoms with Crippen molar-refractivity contribution in [1.82, 2.24) is 5.32 Å². The SMILES string of the molecule is COc1ccc(C)cc1N1C[C@@H](C(=O)NCC(C)(C)CCCC(OC)OC)CC1=O. The number of amides is 2. The highest BCUT2D eigenvalue weighted by molar-refractivity contribution is 6.01. The lowest BCUT2D eigenvalue weighted by Crippen LogP contribution is -2.38. The van der Waals surface area contributed by atoms with Crippen LogP contribution in [0.2, 0.25) is 0 Å². The molecule has 1 N–H and O–H groups in total. The van der Waals surface area contributed by atoms with Crippen molar-refractivity contribution in [2.45, 2.75) is 52.7 Å². The van der Waals surface area contributed by atoms with Crippen molar-refractivity contribution in [1.29, 1.82) is 0 Å². The summed E-state index contributed by atoms with van der Waals surface area (Å²) in [6.45, 7) is 7.16. The highest BCUT2D eigenvalue weighted by Crippen LogP contribution is 2.34. The second-order valence-corrected chi connectivity index (χ2v) is 8.76. The van der Waals surface area contributed by atoms with Gasteiger partial charge in [-0.15, -0.1) is 0 Å². The third kappa shape index (κ3) is 6.44. The molecule has 0 spiro atoms. The molecule has 0 aliphatic carbocycles. The molecular formula is C23H36N2O5. The number of hydrogen-bond acceptors (Lipinski definition) is 5. The van der Waals surface area contributed by atoms with Crippen molar-refractivity contribution in [2.24, 2.45) is 11.3 Å². The van der Waals surface area contributed by atoms with Crippen molar-refractivity contribution in [3.05, 3.63) is 23.8 Å². The number of nitrogens with one attached hydrogen (secondary N) is 1. The van der Waals surface area contributed by atoms with Gasteiger partial charge >= 0.3 is 0 Å². The summed E-state index contributed by atoms with van der Waals surface area (Å²) in [6.07, 6.45) is 2.72. The summed E-state index contributed by atoms with van der Waals surface area (Å²) in [5.74, 6) is 0.159. The standard InChI is InChI=1S/C23H36N2O5/c1-16-9-10-19(28-4)18(12-16)25-14-17(13-20(25)26)22(27)24-15-23(2,3)11-7-8-21(29-5)30-6/h9-10,12,17,21H,7-8,11,13-15H2,1-6H3,(H,24,27)/t17-/m0/s1. The first-order chi connectivity index (χ1) is 14.2. The lowest BCUT2D eigenvalue weighted by Gasteiger charge is -2.26. The fourth-order valence-corrected chi connectivity index (χ4v) is 3.77. The Morgan fingerprint density at radius 1 is 1.27 bits per heavy atom. The molecule has 0 radical (unpaired) electrons. The highest BCUT2D eigenvalue weighted by Gasteiger charge is 2.36. The van der Waals surface area contributed by atoms with E-state index in [9.17, 15) is 9.59 Å². The van der Waals surface area contributed by atoms with E-state index in [0.717, 1.165) is 30.5 Å². The quantitative estimate of drug-likeness (QED) is 0.556. The minimum atomic E-state index is -0.357. The molecular weight excluding hydrogens is 384 g/mol. The molecule has 7 heteroatoms. The van der Waals surface area contributed by atoms with E-state index < -0.39 is 0 Å². The van der Waals surface area contributed by atoms with Crippen molar-refractivity contribution in [3.8, 4) is 5.75 Å². The summed E-state index contributed by atoms with van der Waals surface area (Å²) >= 11 is 0. The highest BCUT2D eigenvalue weighted by atomic mass is 16.7. The number of ether oxygens (including phenoxy) is 3. The molecule has 1 aromatic carbocycles. The van der Waals surface area contributed by atoms with Gasteiger partial charge in [0.15, 0.2) is 6.29 Å². The minimum Gasteiger partial charge on any atom is -0.495 e. The second-order valence-electron chi connectivity index (χ2n) is 8.76. The Kier molecular flexibility index (Phi) is 8.67. The number of carbonyl (C=O) groups is 2. The summed E-state index contributed by atoms with van der Waals surface area (Å²) in [6, 6.07) is 5.72. The van der Waals surface area contributed by atoms with Crippen molar-refractivity contribution in [2.75, 3.05) is 39.3 Å². The Bertz CT molecular complexity index is 730. The normalized spacial score (nSPS) is 17.0. The van der Waals surface area contributed by atoms with E-state index in [1.165, 1.54) is 0 Å². The van der Waals surface area contributed by atoms with Gasteiger partial charge < -0.3 is 24.4 Å². The van der Waals surface area contributed by atoms with Gasteiger partial charge in [0.1, 0.15) is 5.75 Å². The predicted octanol–water partition coefficient (Wildman–Crippen LogP) is 3.29. The van der Waals surface area contributed by atoms with Crippen LogP contribution in [0.4, 0.5) is 5.69 Å². The number of rotatable bonds is 11. The van der Waals surface area contributed by atoms with Crippen molar-refractivity contribution in [3.63, 3.8) is 0 Å². The first kappa shape index (κ1) is 24.2. The van der Waals surface area contributed by atoms with E-state index in [-0.39, 0.29) is 35.9 Å². The van der Waals surface area contributed by atoms with Crippen LogP contribution >= 0.6 is 0 Å². The Morgan fingerprint density at radius 3 is 2.60 bits per heavy atom. The Balaban J connectivity index is 1.89. The molecule has 30 heavy (non-hydrogen) atoms. The number of anilines is 1. The molecule has 0 bridgehead atoms. The van der Waals surface area contributed by atoms with E-state index in [1.807, 2.05) is 25.1 Å². The summed E-state index contributed by atoms with van der Waals surface area (Å²) < 4.78 is 15.9. The molecule has 2 amide bonds. The van der Waals surface area contributed by atoms with Crippen molar-refractivity contribution >= 4 is 17.5 Å². The zero-order valence-corrected chi connectivity index (χ0v) is 19.1. The Hall–Kier alpha value is -2.12. The van der Waals surface area contributed by atoms with Crippen LogP contribution in [0.25, 0.3) is 0 Å². The van der Waals surface area contributed by atoms with Crippen LogP contribution in [0.15, 0.2) is 18.2 Å². The molecule has 0 unspecified atom stereocenters. The van der Waals surface area contributed by atoms with Crippen LogP contribution in [-0.2, 0) is 19.1 Å². The van der Waals surface area contributed by atoms with Gasteiger partial charge in [-0.1, -0.05) is 19.9 Å². The number of nitrogens with zero attached hydrogens (tertiary/aromatic N) is 1. The summed E-state index contributed by atoms with van der Waals surface area (Å²) in [4.78, 5) is 27.0. The summed E-state index contributed by atoms with van der Waals surface area (Å²) in [5.41, 5.74) is 1.71. The first-order valence-electron chi connectivity index (χ1n) is 10.5. The van der Waals surface area contributed by atoms with Crippen LogP contribution in [0.1, 0.15) is 45.1 Å². The molecule has 1 saturated heterocycles. The molecule has 0 aromatic heterocycles. The van der Waals surface area contributed by atoms with E-state index in [1.54, 1.807) is 26.2 Å². The number of carbonyl (C=O) groups excluding carboxylic acids is 2. The lowest BCUT2D eigenvalue weighted by atomic mass is 9.87. The average Bonchev–Trinajstić information content (AvgIpc) is 3.11. The zero-order valence-electron chi connectivity index (χ0n) is 19.1. The monoisotopic (exact) mass is 420 g/mol. The molecule has 1 atom stereocenters. The van der Waals surface area contributed by atoms with Gasteiger partial charge in [0.2, 0.25) is 11.8 Å². The van der Waals surface area contributed by atoms with E-state index in [4.69, 9.17) is 14.2 Å². The van der Waals surface area contributed by atoms with Crippen LogP contribution < -0.4 is 15.0 Å². The third-order valence-corrected chi connectivity index (χ3v) is 5.68. The van der Waals surface area contributed by atoms with Crippen LogP contribution in [-0.4, -0.2) is 52.5 Å². The first-order valence-corrected chi connectivity index (χ1v) is 10.5. The largest absolute Gasteiger partial charge is 0.495 e. The minimum absolute atomic E-state index is 0.0518. The van der Waals surface area contributed by atoms with Crippen LogP contribution in [0.5, 0.6) is 5.75 Å². The zero-order chi connectivity index (χ0) is 22.3. The summed E-state index contributed by atoms with van der Waals surface area (Å²) in [7, 11) is 4.86. The number of aryl methyl sites for hydroxylation is 1. The molecule has 168 valence electrons. The second kappa shape index (κ2) is 10.8.